The first-order valence-corrected chi connectivity index (χ1v) is 5.31. The molecule has 3 nitrogen and oxygen atoms in total. The van der Waals surface area contributed by atoms with Gasteiger partial charge in [0.1, 0.15) is 0 Å². The minimum atomic E-state index is -0.399. The van der Waals surface area contributed by atoms with Gasteiger partial charge in [0.15, 0.2) is 0 Å². The molecule has 84 valence electrons. The monoisotopic (exact) mass is 200 g/mol. The molecule has 0 saturated carbocycles. The fraction of sp³-hybridized carbons (Fsp3) is 0.909. The van der Waals surface area contributed by atoms with Crippen molar-refractivity contribution in [2.75, 3.05) is 13.6 Å². The molecule has 1 atom stereocenters. The molecule has 14 heavy (non-hydrogen) atoms. The van der Waals surface area contributed by atoms with Crippen LogP contribution >= 0.6 is 0 Å². The highest BCUT2D eigenvalue weighted by Gasteiger charge is 2.29. The van der Waals surface area contributed by atoms with Crippen LogP contribution in [-0.2, 0) is 4.79 Å². The zero-order chi connectivity index (χ0) is 11.4. The molecular formula is C11H24N2O. The van der Waals surface area contributed by atoms with E-state index in [4.69, 9.17) is 5.73 Å². The third-order valence-electron chi connectivity index (χ3n) is 2.42. The molecule has 0 heterocycles. The second-order valence-corrected chi connectivity index (χ2v) is 4.96. The number of hydrogen-bond acceptors (Lipinski definition) is 2. The fourth-order valence-electron chi connectivity index (χ4n) is 1.11. The Morgan fingerprint density at radius 3 is 2.29 bits per heavy atom. The normalized spacial score (nSPS) is 13.9. The Morgan fingerprint density at radius 1 is 1.43 bits per heavy atom. The SMILES string of the molecule is CCCCN(C)C(=O)[C@H](N)C(C)(C)C. The van der Waals surface area contributed by atoms with E-state index in [1.54, 1.807) is 4.90 Å². The van der Waals surface area contributed by atoms with Crippen molar-refractivity contribution in [3.8, 4) is 0 Å². The number of amides is 1. The van der Waals surface area contributed by atoms with Crippen molar-refractivity contribution < 1.29 is 4.79 Å². The van der Waals surface area contributed by atoms with E-state index in [0.29, 0.717) is 0 Å². The van der Waals surface area contributed by atoms with Crippen molar-refractivity contribution in [2.24, 2.45) is 11.1 Å². The Balaban J connectivity index is 4.18. The summed E-state index contributed by atoms with van der Waals surface area (Å²) in [6.45, 7) is 8.89. The molecule has 0 aliphatic heterocycles. The molecule has 0 rings (SSSR count). The number of hydrogen-bond donors (Lipinski definition) is 1. The van der Waals surface area contributed by atoms with Gasteiger partial charge in [-0.15, -0.1) is 0 Å². The van der Waals surface area contributed by atoms with Crippen LogP contribution in [0.4, 0.5) is 0 Å². The van der Waals surface area contributed by atoms with Gasteiger partial charge < -0.3 is 10.6 Å². The van der Waals surface area contributed by atoms with Crippen LogP contribution in [-0.4, -0.2) is 30.4 Å². The lowest BCUT2D eigenvalue weighted by Gasteiger charge is -2.29. The molecule has 0 aromatic rings. The third-order valence-corrected chi connectivity index (χ3v) is 2.42. The zero-order valence-electron chi connectivity index (χ0n) is 10.1. The highest BCUT2D eigenvalue weighted by atomic mass is 16.2. The number of carbonyl (C=O) groups is 1. The minimum Gasteiger partial charge on any atom is -0.344 e. The van der Waals surface area contributed by atoms with Crippen molar-refractivity contribution >= 4 is 5.91 Å². The molecule has 0 saturated heterocycles. The van der Waals surface area contributed by atoms with E-state index in [1.165, 1.54) is 0 Å². The number of carbonyl (C=O) groups excluding carboxylic acids is 1. The summed E-state index contributed by atoms with van der Waals surface area (Å²) in [4.78, 5) is 13.5. The van der Waals surface area contributed by atoms with Crippen LogP contribution in [0.1, 0.15) is 40.5 Å². The van der Waals surface area contributed by atoms with Gasteiger partial charge >= 0.3 is 0 Å². The third kappa shape index (κ3) is 4.09. The maximum Gasteiger partial charge on any atom is 0.239 e. The van der Waals surface area contributed by atoms with Crippen molar-refractivity contribution in [1.82, 2.24) is 4.90 Å². The summed E-state index contributed by atoms with van der Waals surface area (Å²) in [5.41, 5.74) is 5.72. The van der Waals surface area contributed by atoms with E-state index in [9.17, 15) is 4.79 Å². The van der Waals surface area contributed by atoms with E-state index < -0.39 is 6.04 Å². The molecular weight excluding hydrogens is 176 g/mol. The molecule has 0 spiro atoms. The average molecular weight is 200 g/mol. The summed E-state index contributed by atoms with van der Waals surface area (Å²) in [7, 11) is 1.82. The number of unbranched alkanes of at least 4 members (excludes halogenated alkanes) is 1. The lowest BCUT2D eigenvalue weighted by atomic mass is 9.86. The van der Waals surface area contributed by atoms with Crippen LogP contribution in [0, 0.1) is 5.41 Å². The molecule has 0 fully saturated rings. The summed E-state index contributed by atoms with van der Waals surface area (Å²) in [6.07, 6.45) is 2.14. The second kappa shape index (κ2) is 5.35. The van der Waals surface area contributed by atoms with Crippen molar-refractivity contribution in [1.29, 1.82) is 0 Å². The van der Waals surface area contributed by atoms with Gasteiger partial charge in [0.05, 0.1) is 6.04 Å². The van der Waals surface area contributed by atoms with Crippen LogP contribution in [0.3, 0.4) is 0 Å². The molecule has 0 bridgehead atoms. The van der Waals surface area contributed by atoms with Gasteiger partial charge in [-0.05, 0) is 11.8 Å². The summed E-state index contributed by atoms with van der Waals surface area (Å²) >= 11 is 0. The van der Waals surface area contributed by atoms with Gasteiger partial charge in [0.2, 0.25) is 5.91 Å². The van der Waals surface area contributed by atoms with E-state index in [2.05, 4.69) is 6.92 Å². The highest BCUT2D eigenvalue weighted by molar-refractivity contribution is 5.82. The Kier molecular flexibility index (Phi) is 5.13. The van der Waals surface area contributed by atoms with Gasteiger partial charge in [0, 0.05) is 13.6 Å². The van der Waals surface area contributed by atoms with Gasteiger partial charge in [-0.1, -0.05) is 34.1 Å². The molecule has 0 aliphatic carbocycles. The van der Waals surface area contributed by atoms with Gasteiger partial charge in [0.25, 0.3) is 0 Å². The Morgan fingerprint density at radius 2 is 1.93 bits per heavy atom. The molecule has 0 aliphatic rings. The minimum absolute atomic E-state index is 0.0472. The lowest BCUT2D eigenvalue weighted by molar-refractivity contribution is -0.133. The quantitative estimate of drug-likeness (QED) is 0.749. The first kappa shape index (κ1) is 13.4. The van der Waals surface area contributed by atoms with Gasteiger partial charge in [-0.3, -0.25) is 4.79 Å². The maximum atomic E-state index is 11.8. The van der Waals surface area contributed by atoms with Crippen LogP contribution in [0.15, 0.2) is 0 Å². The van der Waals surface area contributed by atoms with Crippen molar-refractivity contribution in [3.63, 3.8) is 0 Å². The molecule has 2 N–H and O–H groups in total. The summed E-state index contributed by atoms with van der Waals surface area (Å²) < 4.78 is 0. The summed E-state index contributed by atoms with van der Waals surface area (Å²) in [5.74, 6) is 0.0472. The number of nitrogens with zero attached hydrogens (tertiary/aromatic N) is 1. The lowest BCUT2D eigenvalue weighted by Crippen LogP contribution is -2.49. The van der Waals surface area contributed by atoms with E-state index in [-0.39, 0.29) is 11.3 Å². The van der Waals surface area contributed by atoms with Crippen LogP contribution in [0.2, 0.25) is 0 Å². The smallest absolute Gasteiger partial charge is 0.239 e. The van der Waals surface area contributed by atoms with Crippen LogP contribution in [0.25, 0.3) is 0 Å². The van der Waals surface area contributed by atoms with Gasteiger partial charge in [-0.2, -0.15) is 0 Å². The number of nitrogens with two attached hydrogens (primary N) is 1. The van der Waals surface area contributed by atoms with Crippen molar-refractivity contribution in [2.45, 2.75) is 46.6 Å². The van der Waals surface area contributed by atoms with E-state index in [0.717, 1.165) is 19.4 Å². The summed E-state index contributed by atoms with van der Waals surface area (Å²) in [5, 5.41) is 0. The Labute approximate surface area is 87.6 Å². The molecule has 0 unspecified atom stereocenters. The standard InChI is InChI=1S/C11H24N2O/c1-6-7-8-13(5)10(14)9(12)11(2,3)4/h9H,6-8,12H2,1-5H3/t9-/m0/s1. The Bertz CT molecular complexity index is 184. The van der Waals surface area contributed by atoms with Gasteiger partial charge in [-0.25, -0.2) is 0 Å². The zero-order valence-corrected chi connectivity index (χ0v) is 10.1. The van der Waals surface area contributed by atoms with Crippen LogP contribution in [0.5, 0.6) is 0 Å². The number of likely N-dealkylation sites (N-methyl/N-ethyl adjacent to an activating group) is 1. The molecule has 3 heteroatoms. The van der Waals surface area contributed by atoms with E-state index in [1.807, 2.05) is 27.8 Å². The predicted octanol–water partition coefficient (Wildman–Crippen LogP) is 1.62. The second-order valence-electron chi connectivity index (χ2n) is 4.96. The Hall–Kier alpha value is -0.570. The average Bonchev–Trinajstić information content (AvgIpc) is 2.10. The van der Waals surface area contributed by atoms with E-state index >= 15 is 0 Å². The molecule has 0 aromatic heterocycles. The topological polar surface area (TPSA) is 46.3 Å². The number of rotatable bonds is 4. The first-order chi connectivity index (χ1) is 6.30. The predicted molar refractivity (Wildman–Crippen MR) is 60.0 cm³/mol. The highest BCUT2D eigenvalue weighted by Crippen LogP contribution is 2.18. The summed E-state index contributed by atoms with van der Waals surface area (Å²) in [6, 6.07) is -0.399. The molecule has 0 aromatic carbocycles. The van der Waals surface area contributed by atoms with Crippen LogP contribution < -0.4 is 5.73 Å². The first-order valence-electron chi connectivity index (χ1n) is 5.31. The van der Waals surface area contributed by atoms with Crippen molar-refractivity contribution in [3.05, 3.63) is 0 Å². The fourth-order valence-corrected chi connectivity index (χ4v) is 1.11. The maximum absolute atomic E-state index is 11.8. The largest absolute Gasteiger partial charge is 0.344 e. The molecule has 1 amide bonds. The molecule has 0 radical (unpaired) electrons.